The van der Waals surface area contributed by atoms with Crippen molar-refractivity contribution >= 4 is 21.7 Å². The van der Waals surface area contributed by atoms with Crippen LogP contribution in [0, 0.1) is 0 Å². The van der Waals surface area contributed by atoms with Crippen LogP contribution >= 0.6 is 15.9 Å². The lowest BCUT2D eigenvalue weighted by Gasteiger charge is -2.24. The van der Waals surface area contributed by atoms with Crippen LogP contribution in [0.1, 0.15) is 44.9 Å². The number of hydrogen-bond acceptors (Lipinski definition) is 4. The lowest BCUT2D eigenvalue weighted by Crippen LogP contribution is -2.35. The summed E-state index contributed by atoms with van der Waals surface area (Å²) in [6.07, 6.45) is 4.00. The minimum Gasteiger partial charge on any atom is -0.355 e. The van der Waals surface area contributed by atoms with Crippen molar-refractivity contribution in [2.24, 2.45) is 0 Å². The molecular weight excluding hydrogens is 316 g/mol. The predicted molar refractivity (Wildman–Crippen MR) is 85.2 cm³/mol. The minimum atomic E-state index is 0.364. The van der Waals surface area contributed by atoms with Gasteiger partial charge in [-0.3, -0.25) is 4.90 Å². The predicted octanol–water partition coefficient (Wildman–Crippen LogP) is 3.04. The Morgan fingerprint density at radius 2 is 1.95 bits per heavy atom. The highest BCUT2D eigenvalue weighted by molar-refractivity contribution is 9.10. The van der Waals surface area contributed by atoms with Crippen LogP contribution in [0.25, 0.3) is 0 Å². The van der Waals surface area contributed by atoms with Crippen LogP contribution in [0.4, 0.5) is 5.82 Å². The normalized spacial score (nSPS) is 24.0. The third kappa shape index (κ3) is 2.98. The molecule has 4 nitrogen and oxygen atoms in total. The van der Waals surface area contributed by atoms with Gasteiger partial charge in [0.2, 0.25) is 0 Å². The van der Waals surface area contributed by atoms with Gasteiger partial charge in [0.1, 0.15) is 16.2 Å². The van der Waals surface area contributed by atoms with Crippen molar-refractivity contribution in [3.05, 3.63) is 16.5 Å². The topological polar surface area (TPSA) is 32.3 Å². The van der Waals surface area contributed by atoms with E-state index in [9.17, 15) is 0 Å². The SMILES string of the molecule is CC(C)c1nc(Br)cc(N2CCC(N3CCCC3)C2)n1. The van der Waals surface area contributed by atoms with E-state index in [2.05, 4.69) is 50.6 Å². The van der Waals surface area contributed by atoms with Gasteiger partial charge < -0.3 is 4.90 Å². The molecule has 2 fully saturated rings. The third-order valence-corrected chi connectivity index (χ3v) is 4.77. The first kappa shape index (κ1) is 14.3. The number of halogens is 1. The molecule has 0 N–H and O–H groups in total. The van der Waals surface area contributed by atoms with Crippen LogP contribution in [0.3, 0.4) is 0 Å². The van der Waals surface area contributed by atoms with Gasteiger partial charge in [-0.2, -0.15) is 0 Å². The first-order chi connectivity index (χ1) is 9.63. The van der Waals surface area contributed by atoms with Gasteiger partial charge in [0.05, 0.1) is 0 Å². The number of aromatic nitrogens is 2. The fraction of sp³-hybridized carbons (Fsp3) is 0.733. The lowest BCUT2D eigenvalue weighted by atomic mass is 10.2. The molecule has 0 aromatic carbocycles. The van der Waals surface area contributed by atoms with Gasteiger partial charge in [-0.25, -0.2) is 9.97 Å². The summed E-state index contributed by atoms with van der Waals surface area (Å²) in [5, 5.41) is 0. The zero-order valence-electron chi connectivity index (χ0n) is 12.3. The molecule has 1 aromatic rings. The molecule has 20 heavy (non-hydrogen) atoms. The van der Waals surface area contributed by atoms with E-state index in [0.717, 1.165) is 29.3 Å². The molecular formula is C15H23BrN4. The van der Waals surface area contributed by atoms with Crippen LogP contribution in [-0.4, -0.2) is 47.1 Å². The average molecular weight is 339 g/mol. The van der Waals surface area contributed by atoms with Crippen molar-refractivity contribution < 1.29 is 0 Å². The summed E-state index contributed by atoms with van der Waals surface area (Å²) >= 11 is 3.52. The Hall–Kier alpha value is -0.680. The molecule has 5 heteroatoms. The van der Waals surface area contributed by atoms with Crippen molar-refractivity contribution in [3.63, 3.8) is 0 Å². The van der Waals surface area contributed by atoms with Gasteiger partial charge in [-0.1, -0.05) is 13.8 Å². The molecule has 1 unspecified atom stereocenters. The lowest BCUT2D eigenvalue weighted by molar-refractivity contribution is 0.260. The zero-order valence-corrected chi connectivity index (χ0v) is 13.9. The molecule has 0 saturated carbocycles. The van der Waals surface area contributed by atoms with E-state index in [-0.39, 0.29) is 0 Å². The number of anilines is 1. The number of rotatable bonds is 3. The highest BCUT2D eigenvalue weighted by atomic mass is 79.9. The van der Waals surface area contributed by atoms with Gasteiger partial charge in [0, 0.05) is 31.1 Å². The highest BCUT2D eigenvalue weighted by Gasteiger charge is 2.30. The maximum atomic E-state index is 4.74. The molecule has 0 bridgehead atoms. The molecule has 3 heterocycles. The standard InChI is InChI=1S/C15H23BrN4/c1-11(2)15-17-13(16)9-14(18-15)20-8-5-12(10-20)19-6-3-4-7-19/h9,11-12H,3-8,10H2,1-2H3. The van der Waals surface area contributed by atoms with Crippen molar-refractivity contribution in [2.75, 3.05) is 31.1 Å². The molecule has 0 amide bonds. The largest absolute Gasteiger partial charge is 0.355 e. The quantitative estimate of drug-likeness (QED) is 0.793. The maximum absolute atomic E-state index is 4.74. The Morgan fingerprint density at radius 3 is 2.65 bits per heavy atom. The van der Waals surface area contributed by atoms with Gasteiger partial charge >= 0.3 is 0 Å². The fourth-order valence-corrected chi connectivity index (χ4v) is 3.58. The smallest absolute Gasteiger partial charge is 0.134 e. The van der Waals surface area contributed by atoms with E-state index in [1.165, 1.54) is 32.4 Å². The van der Waals surface area contributed by atoms with E-state index >= 15 is 0 Å². The highest BCUT2D eigenvalue weighted by Crippen LogP contribution is 2.26. The summed E-state index contributed by atoms with van der Waals surface area (Å²) < 4.78 is 0.899. The molecule has 2 aliphatic heterocycles. The Morgan fingerprint density at radius 1 is 1.20 bits per heavy atom. The van der Waals surface area contributed by atoms with Crippen LogP contribution in [0.15, 0.2) is 10.7 Å². The second kappa shape index (κ2) is 5.98. The minimum absolute atomic E-state index is 0.364. The first-order valence-corrected chi connectivity index (χ1v) is 8.46. The molecule has 110 valence electrons. The average Bonchev–Trinajstić information content (AvgIpc) is 3.09. The Labute approximate surface area is 129 Å². The molecule has 3 rings (SSSR count). The molecule has 1 atom stereocenters. The molecule has 0 spiro atoms. The van der Waals surface area contributed by atoms with Crippen LogP contribution < -0.4 is 4.90 Å². The Bertz CT molecular complexity index is 471. The summed E-state index contributed by atoms with van der Waals surface area (Å²) in [4.78, 5) is 14.3. The number of likely N-dealkylation sites (tertiary alicyclic amines) is 1. The van der Waals surface area contributed by atoms with Crippen LogP contribution in [-0.2, 0) is 0 Å². The summed E-state index contributed by atoms with van der Waals surface area (Å²) in [6, 6.07) is 2.77. The molecule has 0 aliphatic carbocycles. The van der Waals surface area contributed by atoms with Crippen LogP contribution in [0.2, 0.25) is 0 Å². The van der Waals surface area contributed by atoms with Crippen molar-refractivity contribution in [2.45, 2.75) is 45.1 Å². The van der Waals surface area contributed by atoms with Gasteiger partial charge in [-0.15, -0.1) is 0 Å². The second-order valence-corrected chi connectivity index (χ2v) is 7.01. The van der Waals surface area contributed by atoms with Crippen molar-refractivity contribution in [1.29, 1.82) is 0 Å². The molecule has 1 aromatic heterocycles. The second-order valence-electron chi connectivity index (χ2n) is 6.19. The Balaban J connectivity index is 1.73. The Kier molecular flexibility index (Phi) is 4.26. The number of nitrogens with zero attached hydrogens (tertiary/aromatic N) is 4. The third-order valence-electron chi connectivity index (χ3n) is 4.36. The van der Waals surface area contributed by atoms with E-state index in [1.807, 2.05) is 0 Å². The van der Waals surface area contributed by atoms with Crippen molar-refractivity contribution in [1.82, 2.24) is 14.9 Å². The summed E-state index contributed by atoms with van der Waals surface area (Å²) in [7, 11) is 0. The van der Waals surface area contributed by atoms with E-state index < -0.39 is 0 Å². The molecule has 0 radical (unpaired) electrons. The van der Waals surface area contributed by atoms with Gasteiger partial charge in [0.25, 0.3) is 0 Å². The zero-order chi connectivity index (χ0) is 14.1. The monoisotopic (exact) mass is 338 g/mol. The maximum Gasteiger partial charge on any atom is 0.134 e. The van der Waals surface area contributed by atoms with Gasteiger partial charge in [-0.05, 0) is 48.3 Å². The summed E-state index contributed by atoms with van der Waals surface area (Å²) in [5.74, 6) is 2.37. The fourth-order valence-electron chi connectivity index (χ4n) is 3.20. The van der Waals surface area contributed by atoms with Gasteiger partial charge in [0.15, 0.2) is 0 Å². The first-order valence-electron chi connectivity index (χ1n) is 7.67. The molecule has 2 saturated heterocycles. The molecule has 2 aliphatic rings. The van der Waals surface area contributed by atoms with E-state index in [4.69, 9.17) is 4.98 Å². The van der Waals surface area contributed by atoms with Crippen molar-refractivity contribution in [3.8, 4) is 0 Å². The van der Waals surface area contributed by atoms with Crippen LogP contribution in [0.5, 0.6) is 0 Å². The van der Waals surface area contributed by atoms with E-state index in [1.54, 1.807) is 0 Å². The number of hydrogen-bond donors (Lipinski definition) is 0. The summed E-state index contributed by atoms with van der Waals surface area (Å²) in [6.45, 7) is 9.07. The summed E-state index contributed by atoms with van der Waals surface area (Å²) in [5.41, 5.74) is 0. The van der Waals surface area contributed by atoms with E-state index in [0.29, 0.717) is 12.0 Å².